The summed E-state index contributed by atoms with van der Waals surface area (Å²) in [5.41, 5.74) is 0.872. The van der Waals surface area contributed by atoms with Crippen LogP contribution in [-0.2, 0) is 0 Å². The third-order valence-electron chi connectivity index (χ3n) is 2.36. The van der Waals surface area contributed by atoms with Gasteiger partial charge in [-0.2, -0.15) is 0 Å². The molecule has 1 unspecified atom stereocenters. The fourth-order valence-electron chi connectivity index (χ4n) is 1.52. The highest BCUT2D eigenvalue weighted by atomic mass is 79.9. The summed E-state index contributed by atoms with van der Waals surface area (Å²) in [6.45, 7) is 0. The van der Waals surface area contributed by atoms with Crippen molar-refractivity contribution >= 4 is 27.3 Å². The van der Waals surface area contributed by atoms with Crippen molar-refractivity contribution < 1.29 is 4.74 Å². The molecule has 0 aliphatic carbocycles. The van der Waals surface area contributed by atoms with Crippen LogP contribution in [0.15, 0.2) is 28.1 Å². The number of nitrogens with one attached hydrogen (secondary N) is 1. The predicted molar refractivity (Wildman–Crippen MR) is 71.5 cm³/mol. The van der Waals surface area contributed by atoms with Crippen molar-refractivity contribution in [2.45, 2.75) is 6.04 Å². The van der Waals surface area contributed by atoms with Crippen molar-refractivity contribution in [1.29, 1.82) is 0 Å². The summed E-state index contributed by atoms with van der Waals surface area (Å²) in [6.07, 6.45) is 0. The Kier molecular flexibility index (Phi) is 4.09. The second kappa shape index (κ2) is 5.57. The summed E-state index contributed by atoms with van der Waals surface area (Å²) in [6, 6.07) is 5.80. The Bertz CT molecular complexity index is 486. The van der Waals surface area contributed by atoms with E-state index in [1.54, 1.807) is 18.4 Å². The maximum Gasteiger partial charge on any atom is 0.233 e. The zero-order valence-electron chi connectivity index (χ0n) is 9.48. The van der Waals surface area contributed by atoms with Crippen LogP contribution in [0.4, 0.5) is 0 Å². The van der Waals surface area contributed by atoms with Gasteiger partial charge in [-0.1, -0.05) is 0 Å². The molecule has 0 aromatic carbocycles. The first kappa shape index (κ1) is 12.5. The molecule has 0 amide bonds. The molecular weight excluding hydrogens is 302 g/mol. The zero-order valence-corrected chi connectivity index (χ0v) is 11.9. The van der Waals surface area contributed by atoms with Crippen molar-refractivity contribution in [3.63, 3.8) is 0 Å². The lowest BCUT2D eigenvalue weighted by Gasteiger charge is -2.14. The Labute approximate surface area is 112 Å². The smallest absolute Gasteiger partial charge is 0.233 e. The first-order valence-electron chi connectivity index (χ1n) is 5.04. The Balaban J connectivity index is 2.32. The molecule has 90 valence electrons. The number of thiophene rings is 1. The third-order valence-corrected chi connectivity index (χ3v) is 4.30. The highest BCUT2D eigenvalue weighted by Gasteiger charge is 2.18. The Morgan fingerprint density at radius 3 is 2.65 bits per heavy atom. The Morgan fingerprint density at radius 1 is 1.35 bits per heavy atom. The van der Waals surface area contributed by atoms with Crippen LogP contribution in [-0.4, -0.2) is 24.4 Å². The minimum absolute atomic E-state index is 0.0442. The summed E-state index contributed by atoms with van der Waals surface area (Å²) in [7, 11) is 3.48. The van der Waals surface area contributed by atoms with E-state index in [0.717, 1.165) is 10.2 Å². The van der Waals surface area contributed by atoms with Gasteiger partial charge in [-0.15, -0.1) is 21.5 Å². The van der Waals surface area contributed by atoms with E-state index in [-0.39, 0.29) is 6.04 Å². The van der Waals surface area contributed by atoms with E-state index in [9.17, 15) is 0 Å². The van der Waals surface area contributed by atoms with E-state index in [1.807, 2.05) is 30.6 Å². The minimum Gasteiger partial charge on any atom is -0.480 e. The van der Waals surface area contributed by atoms with Crippen LogP contribution in [0, 0.1) is 0 Å². The number of nitrogens with zero attached hydrogens (tertiary/aromatic N) is 2. The molecule has 17 heavy (non-hydrogen) atoms. The largest absolute Gasteiger partial charge is 0.480 e. The van der Waals surface area contributed by atoms with Gasteiger partial charge in [0, 0.05) is 15.4 Å². The summed E-state index contributed by atoms with van der Waals surface area (Å²) in [5.74, 6) is 0.522. The summed E-state index contributed by atoms with van der Waals surface area (Å²) in [4.78, 5) is 1.19. The Morgan fingerprint density at radius 2 is 2.18 bits per heavy atom. The van der Waals surface area contributed by atoms with Gasteiger partial charge in [0.05, 0.1) is 18.8 Å². The van der Waals surface area contributed by atoms with Gasteiger partial charge in [-0.3, -0.25) is 0 Å². The molecule has 6 heteroatoms. The van der Waals surface area contributed by atoms with Gasteiger partial charge in [0.2, 0.25) is 5.88 Å². The summed E-state index contributed by atoms with van der Waals surface area (Å²) in [5, 5.41) is 13.4. The first-order valence-corrected chi connectivity index (χ1v) is 6.71. The lowest BCUT2D eigenvalue weighted by atomic mass is 10.1. The number of aromatic nitrogens is 2. The van der Waals surface area contributed by atoms with Crippen molar-refractivity contribution in [3.05, 3.63) is 38.6 Å². The SMILES string of the molecule is CNC(c1ccc(OC)nn1)c1sccc1Br. The number of halogens is 1. The molecule has 0 radical (unpaired) electrons. The third kappa shape index (κ3) is 2.65. The summed E-state index contributed by atoms with van der Waals surface area (Å²) < 4.78 is 6.08. The van der Waals surface area contributed by atoms with Gasteiger partial charge in [-0.25, -0.2) is 0 Å². The molecule has 0 bridgehead atoms. The lowest BCUT2D eigenvalue weighted by Crippen LogP contribution is -2.18. The van der Waals surface area contributed by atoms with Crippen LogP contribution in [0.1, 0.15) is 16.6 Å². The standard InChI is InChI=1S/C11H12BrN3OS/c1-13-10(11-7(12)5-6-17-11)8-3-4-9(16-2)15-14-8/h3-6,10,13H,1-2H3. The van der Waals surface area contributed by atoms with E-state index in [1.165, 1.54) is 4.88 Å². The van der Waals surface area contributed by atoms with Crippen LogP contribution < -0.4 is 10.1 Å². The topological polar surface area (TPSA) is 47.0 Å². The number of rotatable bonds is 4. The van der Waals surface area contributed by atoms with Gasteiger partial charge < -0.3 is 10.1 Å². The normalized spacial score (nSPS) is 12.4. The maximum absolute atomic E-state index is 5.00. The number of hydrogen-bond donors (Lipinski definition) is 1. The second-order valence-electron chi connectivity index (χ2n) is 3.36. The van der Waals surface area contributed by atoms with Crippen molar-refractivity contribution in [2.75, 3.05) is 14.2 Å². The zero-order chi connectivity index (χ0) is 12.3. The second-order valence-corrected chi connectivity index (χ2v) is 5.16. The average molecular weight is 314 g/mol. The van der Waals surface area contributed by atoms with E-state index in [0.29, 0.717) is 5.88 Å². The molecule has 1 atom stereocenters. The molecule has 0 aliphatic rings. The Hall–Kier alpha value is -0.980. The predicted octanol–water partition coefficient (Wildman–Crippen LogP) is 2.62. The molecule has 2 rings (SSSR count). The van der Waals surface area contributed by atoms with Crippen LogP contribution in [0.25, 0.3) is 0 Å². The fourth-order valence-corrected chi connectivity index (χ4v) is 3.24. The quantitative estimate of drug-likeness (QED) is 0.942. The fraction of sp³-hybridized carbons (Fsp3) is 0.273. The number of hydrogen-bond acceptors (Lipinski definition) is 5. The highest BCUT2D eigenvalue weighted by molar-refractivity contribution is 9.10. The minimum atomic E-state index is 0.0442. The van der Waals surface area contributed by atoms with E-state index < -0.39 is 0 Å². The van der Waals surface area contributed by atoms with Crippen LogP contribution in [0.5, 0.6) is 5.88 Å². The van der Waals surface area contributed by atoms with Gasteiger partial charge in [0.25, 0.3) is 0 Å². The van der Waals surface area contributed by atoms with E-state index >= 15 is 0 Å². The molecule has 4 nitrogen and oxygen atoms in total. The first-order chi connectivity index (χ1) is 8.26. The average Bonchev–Trinajstić information content (AvgIpc) is 2.78. The highest BCUT2D eigenvalue weighted by Crippen LogP contribution is 2.32. The van der Waals surface area contributed by atoms with Crippen molar-refractivity contribution in [1.82, 2.24) is 15.5 Å². The molecular formula is C11H12BrN3OS. The molecule has 0 spiro atoms. The van der Waals surface area contributed by atoms with Crippen LogP contribution in [0.3, 0.4) is 0 Å². The maximum atomic E-state index is 5.00. The summed E-state index contributed by atoms with van der Waals surface area (Å²) >= 11 is 5.21. The van der Waals surface area contributed by atoms with Crippen molar-refractivity contribution in [2.24, 2.45) is 0 Å². The molecule has 1 N–H and O–H groups in total. The molecule has 2 heterocycles. The molecule has 0 saturated heterocycles. The van der Waals surface area contributed by atoms with E-state index in [4.69, 9.17) is 4.74 Å². The molecule has 0 fully saturated rings. The number of methoxy groups -OCH3 is 1. The van der Waals surface area contributed by atoms with Crippen LogP contribution >= 0.6 is 27.3 Å². The van der Waals surface area contributed by atoms with Gasteiger partial charge in [-0.05, 0) is 40.5 Å². The number of ether oxygens (including phenoxy) is 1. The van der Waals surface area contributed by atoms with Gasteiger partial charge >= 0.3 is 0 Å². The molecule has 2 aromatic rings. The molecule has 2 aromatic heterocycles. The lowest BCUT2D eigenvalue weighted by molar-refractivity contribution is 0.390. The van der Waals surface area contributed by atoms with Gasteiger partial charge in [0.1, 0.15) is 0 Å². The molecule has 0 aliphatic heterocycles. The molecule has 0 saturated carbocycles. The van der Waals surface area contributed by atoms with E-state index in [2.05, 4.69) is 31.4 Å². The monoisotopic (exact) mass is 313 g/mol. The van der Waals surface area contributed by atoms with Gasteiger partial charge in [0.15, 0.2) is 0 Å². The van der Waals surface area contributed by atoms with Crippen LogP contribution in [0.2, 0.25) is 0 Å². The van der Waals surface area contributed by atoms with Crippen molar-refractivity contribution in [3.8, 4) is 5.88 Å².